The SMILES string of the molecule is COc1cc(OC)nc(NC(=O)Cc2ccccc2)n1. The molecule has 1 amide bonds. The van der Waals surface area contributed by atoms with Crippen LogP contribution in [0.2, 0.25) is 0 Å². The number of ether oxygens (including phenoxy) is 2. The Morgan fingerprint density at radius 2 is 1.70 bits per heavy atom. The minimum Gasteiger partial charge on any atom is -0.481 e. The summed E-state index contributed by atoms with van der Waals surface area (Å²) in [6, 6.07) is 11.0. The van der Waals surface area contributed by atoms with Crippen molar-refractivity contribution in [1.29, 1.82) is 0 Å². The molecule has 2 rings (SSSR count). The number of nitrogens with zero attached hydrogens (tertiary/aromatic N) is 2. The van der Waals surface area contributed by atoms with E-state index in [-0.39, 0.29) is 18.3 Å². The number of anilines is 1. The lowest BCUT2D eigenvalue weighted by molar-refractivity contribution is -0.115. The fraction of sp³-hybridized carbons (Fsp3) is 0.214. The second-order valence-electron chi connectivity index (χ2n) is 3.99. The minimum absolute atomic E-state index is 0.155. The van der Waals surface area contributed by atoms with E-state index in [4.69, 9.17) is 9.47 Å². The van der Waals surface area contributed by atoms with Crippen LogP contribution in [0, 0.1) is 0 Å². The molecule has 6 nitrogen and oxygen atoms in total. The standard InChI is InChI=1S/C14H15N3O3/c1-19-12-9-13(20-2)17-14(16-12)15-11(18)8-10-6-4-3-5-7-10/h3-7,9H,8H2,1-2H3,(H,15,16,17,18). The molecule has 1 aromatic heterocycles. The average molecular weight is 273 g/mol. The lowest BCUT2D eigenvalue weighted by Crippen LogP contribution is -2.16. The van der Waals surface area contributed by atoms with Crippen molar-refractivity contribution in [3.8, 4) is 11.8 Å². The molecule has 0 saturated carbocycles. The van der Waals surface area contributed by atoms with E-state index in [1.807, 2.05) is 30.3 Å². The van der Waals surface area contributed by atoms with E-state index in [0.29, 0.717) is 11.8 Å². The first kappa shape index (κ1) is 13.8. The highest BCUT2D eigenvalue weighted by Crippen LogP contribution is 2.17. The number of carbonyl (C=O) groups is 1. The maximum absolute atomic E-state index is 11.9. The van der Waals surface area contributed by atoms with Crippen LogP contribution in [0.25, 0.3) is 0 Å². The molecule has 20 heavy (non-hydrogen) atoms. The highest BCUT2D eigenvalue weighted by molar-refractivity contribution is 5.90. The summed E-state index contributed by atoms with van der Waals surface area (Å²) in [5, 5.41) is 2.62. The predicted molar refractivity (Wildman–Crippen MR) is 73.9 cm³/mol. The van der Waals surface area contributed by atoms with Crippen LogP contribution in [0.4, 0.5) is 5.95 Å². The first-order valence-corrected chi connectivity index (χ1v) is 6.02. The maximum atomic E-state index is 11.9. The van der Waals surface area contributed by atoms with Gasteiger partial charge in [0.2, 0.25) is 23.6 Å². The van der Waals surface area contributed by atoms with Gasteiger partial charge in [-0.15, -0.1) is 0 Å². The Morgan fingerprint density at radius 3 is 2.25 bits per heavy atom. The average Bonchev–Trinajstić information content (AvgIpc) is 2.47. The van der Waals surface area contributed by atoms with Crippen LogP contribution in [-0.2, 0) is 11.2 Å². The molecule has 0 saturated heterocycles. The van der Waals surface area contributed by atoms with Crippen LogP contribution in [0.15, 0.2) is 36.4 Å². The molecular weight excluding hydrogens is 258 g/mol. The van der Waals surface area contributed by atoms with E-state index in [9.17, 15) is 4.79 Å². The molecule has 104 valence electrons. The zero-order valence-electron chi connectivity index (χ0n) is 11.3. The summed E-state index contributed by atoms with van der Waals surface area (Å²) in [5.74, 6) is 0.604. The van der Waals surface area contributed by atoms with Crippen molar-refractivity contribution >= 4 is 11.9 Å². The molecule has 0 bridgehead atoms. The molecule has 0 aliphatic carbocycles. The van der Waals surface area contributed by atoms with E-state index in [1.54, 1.807) is 0 Å². The van der Waals surface area contributed by atoms with Crippen molar-refractivity contribution in [1.82, 2.24) is 9.97 Å². The number of aromatic nitrogens is 2. The van der Waals surface area contributed by atoms with E-state index in [2.05, 4.69) is 15.3 Å². The van der Waals surface area contributed by atoms with Gasteiger partial charge in [0.1, 0.15) is 0 Å². The lowest BCUT2D eigenvalue weighted by atomic mass is 10.1. The number of benzene rings is 1. The molecule has 0 fully saturated rings. The van der Waals surface area contributed by atoms with Crippen LogP contribution >= 0.6 is 0 Å². The van der Waals surface area contributed by atoms with E-state index >= 15 is 0 Å². The molecule has 1 aromatic carbocycles. The number of hydrogen-bond donors (Lipinski definition) is 1. The Hall–Kier alpha value is -2.63. The van der Waals surface area contributed by atoms with Crippen molar-refractivity contribution in [2.75, 3.05) is 19.5 Å². The minimum atomic E-state index is -0.202. The first-order chi connectivity index (χ1) is 9.71. The molecule has 0 radical (unpaired) electrons. The van der Waals surface area contributed by atoms with Gasteiger partial charge >= 0.3 is 0 Å². The van der Waals surface area contributed by atoms with Crippen LogP contribution in [0.1, 0.15) is 5.56 Å². The normalized spacial score (nSPS) is 9.90. The number of amides is 1. The largest absolute Gasteiger partial charge is 0.481 e. The topological polar surface area (TPSA) is 73.3 Å². The maximum Gasteiger partial charge on any atom is 0.236 e. The lowest BCUT2D eigenvalue weighted by Gasteiger charge is -2.07. The zero-order chi connectivity index (χ0) is 14.4. The molecule has 1 heterocycles. The van der Waals surface area contributed by atoms with Gasteiger partial charge < -0.3 is 9.47 Å². The van der Waals surface area contributed by atoms with Gasteiger partial charge in [0.25, 0.3) is 0 Å². The smallest absolute Gasteiger partial charge is 0.236 e. The van der Waals surface area contributed by atoms with Crippen molar-refractivity contribution in [3.63, 3.8) is 0 Å². The van der Waals surface area contributed by atoms with Gasteiger partial charge in [-0.05, 0) is 5.56 Å². The highest BCUT2D eigenvalue weighted by Gasteiger charge is 2.09. The first-order valence-electron chi connectivity index (χ1n) is 6.02. The summed E-state index contributed by atoms with van der Waals surface area (Å²) in [5.41, 5.74) is 0.917. The molecule has 0 atom stereocenters. The van der Waals surface area contributed by atoms with E-state index < -0.39 is 0 Å². The molecule has 1 N–H and O–H groups in total. The Kier molecular flexibility index (Phi) is 4.49. The molecule has 0 aliphatic heterocycles. The van der Waals surface area contributed by atoms with Crippen LogP contribution in [0.3, 0.4) is 0 Å². The molecular formula is C14H15N3O3. The second-order valence-corrected chi connectivity index (χ2v) is 3.99. The van der Waals surface area contributed by atoms with Gasteiger partial charge in [0.05, 0.1) is 26.7 Å². The Bertz CT molecular complexity index is 565. The predicted octanol–water partition coefficient (Wildman–Crippen LogP) is 1.68. The quantitative estimate of drug-likeness (QED) is 0.897. The number of hydrogen-bond acceptors (Lipinski definition) is 5. The van der Waals surface area contributed by atoms with Crippen LogP contribution in [-0.4, -0.2) is 30.1 Å². The van der Waals surface area contributed by atoms with Crippen molar-refractivity contribution in [2.24, 2.45) is 0 Å². The summed E-state index contributed by atoms with van der Waals surface area (Å²) in [4.78, 5) is 20.0. The zero-order valence-corrected chi connectivity index (χ0v) is 11.3. The number of methoxy groups -OCH3 is 2. The number of carbonyl (C=O) groups excluding carboxylic acids is 1. The fourth-order valence-corrected chi connectivity index (χ4v) is 1.62. The third-order valence-electron chi connectivity index (χ3n) is 2.56. The highest BCUT2D eigenvalue weighted by atomic mass is 16.5. The van der Waals surface area contributed by atoms with Crippen molar-refractivity contribution in [2.45, 2.75) is 6.42 Å². The Morgan fingerprint density at radius 1 is 1.10 bits per heavy atom. The summed E-state index contributed by atoms with van der Waals surface area (Å²) in [6.45, 7) is 0. The van der Waals surface area contributed by atoms with Crippen LogP contribution < -0.4 is 14.8 Å². The Balaban J connectivity index is 2.07. The van der Waals surface area contributed by atoms with Gasteiger partial charge in [-0.3, -0.25) is 10.1 Å². The van der Waals surface area contributed by atoms with Gasteiger partial charge in [-0.2, -0.15) is 9.97 Å². The van der Waals surface area contributed by atoms with Gasteiger partial charge in [-0.25, -0.2) is 0 Å². The number of rotatable bonds is 5. The number of nitrogens with one attached hydrogen (secondary N) is 1. The fourth-order valence-electron chi connectivity index (χ4n) is 1.62. The van der Waals surface area contributed by atoms with Gasteiger partial charge in [0, 0.05) is 0 Å². The molecule has 0 aliphatic rings. The summed E-state index contributed by atoms with van der Waals surface area (Å²) in [6.07, 6.45) is 0.254. The Labute approximate surface area is 116 Å². The second kappa shape index (κ2) is 6.51. The van der Waals surface area contributed by atoms with Crippen LogP contribution in [0.5, 0.6) is 11.8 Å². The van der Waals surface area contributed by atoms with Gasteiger partial charge in [-0.1, -0.05) is 30.3 Å². The molecule has 0 unspecified atom stereocenters. The third-order valence-corrected chi connectivity index (χ3v) is 2.56. The summed E-state index contributed by atoms with van der Waals surface area (Å²) in [7, 11) is 2.97. The monoisotopic (exact) mass is 273 g/mol. The van der Waals surface area contributed by atoms with Gasteiger partial charge in [0.15, 0.2) is 0 Å². The van der Waals surface area contributed by atoms with E-state index in [0.717, 1.165) is 5.56 Å². The van der Waals surface area contributed by atoms with E-state index in [1.165, 1.54) is 20.3 Å². The molecule has 6 heteroatoms. The van der Waals surface area contributed by atoms with Crippen molar-refractivity contribution < 1.29 is 14.3 Å². The third kappa shape index (κ3) is 3.68. The molecule has 0 spiro atoms. The van der Waals surface area contributed by atoms with Crippen molar-refractivity contribution in [3.05, 3.63) is 42.0 Å². The summed E-state index contributed by atoms with van der Waals surface area (Å²) >= 11 is 0. The molecule has 2 aromatic rings. The summed E-state index contributed by atoms with van der Waals surface area (Å²) < 4.78 is 10.0.